The van der Waals surface area contributed by atoms with E-state index in [1.807, 2.05) is 13.1 Å². The highest BCUT2D eigenvalue weighted by molar-refractivity contribution is 7.10. The van der Waals surface area contributed by atoms with Crippen LogP contribution in [-0.4, -0.2) is 36.2 Å². The zero-order valence-electron chi connectivity index (χ0n) is 8.68. The summed E-state index contributed by atoms with van der Waals surface area (Å²) in [6.45, 7) is 2.73. The zero-order chi connectivity index (χ0) is 10.6. The Balaban J connectivity index is 2.64. The summed E-state index contributed by atoms with van der Waals surface area (Å²) in [4.78, 5) is 3.42. The second-order valence-electron chi connectivity index (χ2n) is 3.43. The number of aliphatic hydroxyl groups is 1. The molecule has 2 atom stereocenters. The maximum absolute atomic E-state index is 9.12. The number of hydrogen-bond acceptors (Lipinski definition) is 4. The summed E-state index contributed by atoms with van der Waals surface area (Å²) in [6.07, 6.45) is 0. The highest BCUT2D eigenvalue weighted by Crippen LogP contribution is 2.24. The van der Waals surface area contributed by atoms with Crippen molar-refractivity contribution in [3.63, 3.8) is 0 Å². The van der Waals surface area contributed by atoms with E-state index in [1.165, 1.54) is 4.88 Å². The van der Waals surface area contributed by atoms with Gasteiger partial charge >= 0.3 is 0 Å². The largest absolute Gasteiger partial charge is 0.395 e. The SMILES string of the molecule is CC(c1cccs1)N(C)C(CN)CO. The quantitative estimate of drug-likeness (QED) is 0.770. The Labute approximate surface area is 89.2 Å². The third-order valence-electron chi connectivity index (χ3n) is 2.62. The maximum Gasteiger partial charge on any atom is 0.0599 e. The molecule has 0 amide bonds. The van der Waals surface area contributed by atoms with Gasteiger partial charge in [-0.1, -0.05) is 6.07 Å². The van der Waals surface area contributed by atoms with Crippen molar-refractivity contribution in [2.45, 2.75) is 19.0 Å². The van der Waals surface area contributed by atoms with E-state index in [4.69, 9.17) is 10.8 Å². The Kier molecular flexibility index (Phi) is 4.54. The normalized spacial score (nSPS) is 15.8. The van der Waals surface area contributed by atoms with Crippen LogP contribution in [0, 0.1) is 0 Å². The molecule has 14 heavy (non-hydrogen) atoms. The van der Waals surface area contributed by atoms with Crippen LogP contribution in [0.25, 0.3) is 0 Å². The third-order valence-corrected chi connectivity index (χ3v) is 3.67. The molecule has 0 aromatic carbocycles. The molecule has 1 heterocycles. The number of nitrogens with two attached hydrogens (primary N) is 1. The second kappa shape index (κ2) is 5.46. The van der Waals surface area contributed by atoms with Crippen molar-refractivity contribution in [2.75, 3.05) is 20.2 Å². The monoisotopic (exact) mass is 214 g/mol. The van der Waals surface area contributed by atoms with Gasteiger partial charge in [0.25, 0.3) is 0 Å². The molecular formula is C10H18N2OS. The molecule has 0 fully saturated rings. The molecule has 0 aliphatic heterocycles. The van der Waals surface area contributed by atoms with Crippen LogP contribution in [0.1, 0.15) is 17.8 Å². The van der Waals surface area contributed by atoms with Gasteiger partial charge in [0.15, 0.2) is 0 Å². The van der Waals surface area contributed by atoms with Crippen LogP contribution in [0.15, 0.2) is 17.5 Å². The third kappa shape index (κ3) is 2.54. The zero-order valence-corrected chi connectivity index (χ0v) is 9.50. The van der Waals surface area contributed by atoms with Crippen molar-refractivity contribution in [1.29, 1.82) is 0 Å². The minimum atomic E-state index is 0.0482. The lowest BCUT2D eigenvalue weighted by Crippen LogP contribution is -2.41. The summed E-state index contributed by atoms with van der Waals surface area (Å²) in [7, 11) is 2.00. The Morgan fingerprint density at radius 3 is 2.79 bits per heavy atom. The van der Waals surface area contributed by atoms with Crippen LogP contribution in [0.3, 0.4) is 0 Å². The van der Waals surface area contributed by atoms with E-state index in [-0.39, 0.29) is 12.6 Å². The lowest BCUT2D eigenvalue weighted by atomic mass is 10.2. The van der Waals surface area contributed by atoms with Crippen LogP contribution >= 0.6 is 11.3 Å². The van der Waals surface area contributed by atoms with Crippen LogP contribution < -0.4 is 5.73 Å². The molecule has 1 rings (SSSR count). The first kappa shape index (κ1) is 11.7. The fraction of sp³-hybridized carbons (Fsp3) is 0.600. The fourth-order valence-corrected chi connectivity index (χ4v) is 2.25. The van der Waals surface area contributed by atoms with Crippen molar-refractivity contribution >= 4 is 11.3 Å². The molecule has 0 aliphatic rings. The van der Waals surface area contributed by atoms with Gasteiger partial charge in [-0.3, -0.25) is 4.90 Å². The topological polar surface area (TPSA) is 49.5 Å². The molecular weight excluding hydrogens is 196 g/mol. The summed E-state index contributed by atoms with van der Waals surface area (Å²) in [5.41, 5.74) is 5.58. The number of thiophene rings is 1. The number of aliphatic hydroxyl groups excluding tert-OH is 1. The highest BCUT2D eigenvalue weighted by atomic mass is 32.1. The number of likely N-dealkylation sites (N-methyl/N-ethyl adjacent to an activating group) is 1. The van der Waals surface area contributed by atoms with Crippen molar-refractivity contribution in [3.8, 4) is 0 Å². The summed E-state index contributed by atoms with van der Waals surface area (Å²) >= 11 is 1.73. The second-order valence-corrected chi connectivity index (χ2v) is 4.41. The Hall–Kier alpha value is -0.420. The van der Waals surface area contributed by atoms with Crippen molar-refractivity contribution in [3.05, 3.63) is 22.4 Å². The van der Waals surface area contributed by atoms with E-state index < -0.39 is 0 Å². The van der Waals surface area contributed by atoms with Gasteiger partial charge < -0.3 is 10.8 Å². The molecule has 4 heteroatoms. The van der Waals surface area contributed by atoms with Gasteiger partial charge in [0.2, 0.25) is 0 Å². The summed E-state index contributed by atoms with van der Waals surface area (Å²) in [5, 5.41) is 11.2. The number of hydrogen-bond donors (Lipinski definition) is 2. The molecule has 0 radical (unpaired) electrons. The highest BCUT2D eigenvalue weighted by Gasteiger charge is 2.19. The van der Waals surface area contributed by atoms with Crippen LogP contribution in [0.2, 0.25) is 0 Å². The van der Waals surface area contributed by atoms with E-state index in [9.17, 15) is 0 Å². The Morgan fingerprint density at radius 2 is 2.36 bits per heavy atom. The maximum atomic E-state index is 9.12. The van der Waals surface area contributed by atoms with Crippen LogP contribution in [0.5, 0.6) is 0 Å². The van der Waals surface area contributed by atoms with Gasteiger partial charge in [0, 0.05) is 23.5 Å². The van der Waals surface area contributed by atoms with E-state index in [0.29, 0.717) is 12.6 Å². The smallest absolute Gasteiger partial charge is 0.0599 e. The van der Waals surface area contributed by atoms with Gasteiger partial charge in [0.1, 0.15) is 0 Å². The molecule has 0 bridgehead atoms. The minimum Gasteiger partial charge on any atom is -0.395 e. The van der Waals surface area contributed by atoms with Crippen LogP contribution in [0.4, 0.5) is 0 Å². The van der Waals surface area contributed by atoms with Crippen molar-refractivity contribution < 1.29 is 5.11 Å². The number of rotatable bonds is 5. The molecule has 0 aliphatic carbocycles. The predicted molar refractivity (Wildman–Crippen MR) is 60.4 cm³/mol. The average molecular weight is 214 g/mol. The fourth-order valence-electron chi connectivity index (χ4n) is 1.42. The standard InChI is InChI=1S/C10H18N2OS/c1-8(10-4-3-5-14-10)12(2)9(6-11)7-13/h3-5,8-9,13H,6-7,11H2,1-2H3. The first-order chi connectivity index (χ1) is 6.70. The Bertz CT molecular complexity index is 247. The lowest BCUT2D eigenvalue weighted by Gasteiger charge is -2.30. The molecule has 1 aromatic rings. The summed E-state index contributed by atoms with van der Waals surface area (Å²) in [6, 6.07) is 4.51. The van der Waals surface area contributed by atoms with Gasteiger partial charge in [-0.2, -0.15) is 0 Å². The average Bonchev–Trinajstić information content (AvgIpc) is 2.71. The summed E-state index contributed by atoms with van der Waals surface area (Å²) < 4.78 is 0. The molecule has 3 nitrogen and oxygen atoms in total. The first-order valence-electron chi connectivity index (χ1n) is 4.77. The molecule has 80 valence electrons. The van der Waals surface area contributed by atoms with Gasteiger partial charge in [-0.15, -0.1) is 11.3 Å². The van der Waals surface area contributed by atoms with Gasteiger partial charge in [-0.25, -0.2) is 0 Å². The summed E-state index contributed by atoms with van der Waals surface area (Å²) in [5.74, 6) is 0. The van der Waals surface area contributed by atoms with E-state index >= 15 is 0 Å². The molecule has 2 unspecified atom stereocenters. The van der Waals surface area contributed by atoms with Gasteiger partial charge in [0.05, 0.1) is 6.61 Å². The predicted octanol–water partition coefficient (Wildman–Crippen LogP) is 1.06. The van der Waals surface area contributed by atoms with Crippen LogP contribution in [-0.2, 0) is 0 Å². The van der Waals surface area contributed by atoms with Gasteiger partial charge in [-0.05, 0) is 25.4 Å². The van der Waals surface area contributed by atoms with Crippen molar-refractivity contribution in [2.24, 2.45) is 5.73 Å². The molecule has 0 saturated carbocycles. The molecule has 1 aromatic heterocycles. The van der Waals surface area contributed by atoms with E-state index in [1.54, 1.807) is 11.3 Å². The first-order valence-corrected chi connectivity index (χ1v) is 5.65. The van der Waals surface area contributed by atoms with Crippen molar-refractivity contribution in [1.82, 2.24) is 4.90 Å². The Morgan fingerprint density at radius 1 is 1.64 bits per heavy atom. The number of nitrogens with zero attached hydrogens (tertiary/aromatic N) is 1. The molecule has 0 saturated heterocycles. The minimum absolute atomic E-state index is 0.0482. The lowest BCUT2D eigenvalue weighted by molar-refractivity contribution is 0.121. The molecule has 0 spiro atoms. The molecule has 3 N–H and O–H groups in total. The van der Waals surface area contributed by atoms with E-state index in [2.05, 4.69) is 23.3 Å². The van der Waals surface area contributed by atoms with E-state index in [0.717, 1.165) is 0 Å².